The molecule has 17 heavy (non-hydrogen) atoms. The minimum atomic E-state index is -0.793. The van der Waals surface area contributed by atoms with Crippen LogP contribution < -0.4 is 4.90 Å². The summed E-state index contributed by atoms with van der Waals surface area (Å²) in [5.74, 6) is -0.793. The summed E-state index contributed by atoms with van der Waals surface area (Å²) in [4.78, 5) is 13.1. The molecule has 1 atom stereocenters. The van der Waals surface area contributed by atoms with Crippen LogP contribution in [0.1, 0.15) is 18.4 Å². The topological polar surface area (TPSA) is 64.3 Å². The molecule has 0 aromatic heterocycles. The predicted molar refractivity (Wildman–Crippen MR) is 63.8 cm³/mol. The van der Waals surface area contributed by atoms with Crippen LogP contribution in [0.25, 0.3) is 0 Å². The Balaban J connectivity index is 2.19. The van der Waals surface area contributed by atoms with E-state index in [0.29, 0.717) is 25.8 Å². The molecule has 0 saturated carbocycles. The van der Waals surface area contributed by atoms with E-state index in [4.69, 9.17) is 5.26 Å². The molecule has 4 heteroatoms. The van der Waals surface area contributed by atoms with Gasteiger partial charge in [-0.3, -0.25) is 0 Å². The van der Waals surface area contributed by atoms with E-state index in [1.165, 1.54) is 0 Å². The fourth-order valence-electron chi connectivity index (χ4n) is 2.28. The molecule has 0 saturated heterocycles. The highest BCUT2D eigenvalue weighted by atomic mass is 16.4. The Kier molecular flexibility index (Phi) is 3.29. The molecule has 0 spiro atoms. The smallest absolute Gasteiger partial charge is 0.326 e. The number of carboxylic acid groups (broad SMARTS) is 1. The molecule has 1 aliphatic rings. The lowest BCUT2D eigenvalue weighted by atomic mass is 10.1. The Morgan fingerprint density at radius 2 is 2.29 bits per heavy atom. The van der Waals surface area contributed by atoms with E-state index < -0.39 is 12.0 Å². The number of aliphatic carboxylic acids is 1. The highest BCUT2D eigenvalue weighted by Gasteiger charge is 2.33. The first kappa shape index (κ1) is 11.5. The van der Waals surface area contributed by atoms with Crippen molar-refractivity contribution >= 4 is 11.7 Å². The normalized spacial score (nSPS) is 17.6. The van der Waals surface area contributed by atoms with Gasteiger partial charge in [0.2, 0.25) is 0 Å². The summed E-state index contributed by atoms with van der Waals surface area (Å²) in [5, 5.41) is 17.7. The lowest BCUT2D eigenvalue weighted by Gasteiger charge is -2.24. The number of nitrogens with zero attached hydrogens (tertiary/aromatic N) is 2. The van der Waals surface area contributed by atoms with Gasteiger partial charge in [0.1, 0.15) is 6.04 Å². The van der Waals surface area contributed by atoms with Gasteiger partial charge in [-0.25, -0.2) is 4.79 Å². The van der Waals surface area contributed by atoms with E-state index in [-0.39, 0.29) is 0 Å². The monoisotopic (exact) mass is 230 g/mol. The van der Waals surface area contributed by atoms with Crippen molar-refractivity contribution in [3.8, 4) is 6.07 Å². The van der Waals surface area contributed by atoms with Gasteiger partial charge in [-0.15, -0.1) is 0 Å². The van der Waals surface area contributed by atoms with Crippen LogP contribution in [0.15, 0.2) is 24.3 Å². The lowest BCUT2D eigenvalue weighted by Crippen LogP contribution is -2.39. The summed E-state index contributed by atoms with van der Waals surface area (Å²) in [5.41, 5.74) is 2.08. The average molecular weight is 230 g/mol. The zero-order chi connectivity index (χ0) is 12.3. The average Bonchev–Trinajstić information content (AvgIpc) is 2.69. The van der Waals surface area contributed by atoms with Gasteiger partial charge >= 0.3 is 5.97 Å². The van der Waals surface area contributed by atoms with Gasteiger partial charge in [-0.05, 0) is 18.1 Å². The van der Waals surface area contributed by atoms with E-state index in [0.717, 1.165) is 11.3 Å². The van der Waals surface area contributed by atoms with Crippen LogP contribution in [0.4, 0.5) is 5.69 Å². The highest BCUT2D eigenvalue weighted by Crippen LogP contribution is 2.32. The first-order valence-electron chi connectivity index (χ1n) is 5.68. The van der Waals surface area contributed by atoms with Gasteiger partial charge in [0.25, 0.3) is 0 Å². The molecular formula is C13H14N2O2. The molecule has 1 aromatic rings. The SMILES string of the molecule is N#CCCCN1c2ccccc2CC1C(=O)O. The van der Waals surface area contributed by atoms with E-state index in [9.17, 15) is 9.90 Å². The van der Waals surface area contributed by atoms with E-state index >= 15 is 0 Å². The number of benzene rings is 1. The van der Waals surface area contributed by atoms with Crippen molar-refractivity contribution in [3.05, 3.63) is 29.8 Å². The number of nitriles is 1. The molecule has 0 fully saturated rings. The van der Waals surface area contributed by atoms with E-state index in [2.05, 4.69) is 6.07 Å². The first-order valence-corrected chi connectivity index (χ1v) is 5.68. The molecule has 1 aromatic carbocycles. The molecule has 1 heterocycles. The van der Waals surface area contributed by atoms with Crippen LogP contribution in [0.2, 0.25) is 0 Å². The van der Waals surface area contributed by atoms with Crippen molar-refractivity contribution in [2.24, 2.45) is 0 Å². The summed E-state index contributed by atoms with van der Waals surface area (Å²) < 4.78 is 0. The van der Waals surface area contributed by atoms with Gasteiger partial charge in [-0.2, -0.15) is 5.26 Å². The zero-order valence-corrected chi connectivity index (χ0v) is 9.47. The molecule has 2 rings (SSSR count). The maximum absolute atomic E-state index is 11.2. The van der Waals surface area contributed by atoms with Crippen molar-refractivity contribution in [3.63, 3.8) is 0 Å². The Morgan fingerprint density at radius 3 is 3.00 bits per heavy atom. The Hall–Kier alpha value is -2.02. The summed E-state index contributed by atoms with van der Waals surface area (Å²) in [6.45, 7) is 0.627. The summed E-state index contributed by atoms with van der Waals surface area (Å²) >= 11 is 0. The van der Waals surface area contributed by atoms with Gasteiger partial charge in [0.05, 0.1) is 6.07 Å². The highest BCUT2D eigenvalue weighted by molar-refractivity contribution is 5.82. The van der Waals surface area contributed by atoms with Crippen LogP contribution in [-0.4, -0.2) is 23.7 Å². The number of carbonyl (C=O) groups is 1. The fourth-order valence-corrected chi connectivity index (χ4v) is 2.28. The number of unbranched alkanes of at least 4 members (excludes halogenated alkanes) is 1. The molecular weight excluding hydrogens is 216 g/mol. The van der Waals surface area contributed by atoms with E-state index in [1.807, 2.05) is 29.2 Å². The molecule has 1 unspecified atom stereocenters. The van der Waals surface area contributed by atoms with Gasteiger partial charge in [0, 0.05) is 25.1 Å². The second-order valence-electron chi connectivity index (χ2n) is 4.14. The van der Waals surface area contributed by atoms with Crippen LogP contribution in [0.5, 0.6) is 0 Å². The molecule has 0 radical (unpaired) electrons. The maximum Gasteiger partial charge on any atom is 0.326 e. The minimum absolute atomic E-state index is 0.463. The molecule has 0 aliphatic carbocycles. The standard InChI is InChI=1S/C13H14N2O2/c14-7-3-4-8-15-11-6-2-1-5-10(11)9-12(15)13(16)17/h1-2,5-6,12H,3-4,8-9H2,(H,16,17). The van der Waals surface area contributed by atoms with Gasteiger partial charge < -0.3 is 10.0 Å². The number of anilines is 1. The Labute approximate surface area is 100 Å². The second-order valence-corrected chi connectivity index (χ2v) is 4.14. The third-order valence-corrected chi connectivity index (χ3v) is 3.06. The number of hydrogen-bond acceptors (Lipinski definition) is 3. The second kappa shape index (κ2) is 4.88. The third-order valence-electron chi connectivity index (χ3n) is 3.06. The summed E-state index contributed by atoms with van der Waals surface area (Å²) in [6.07, 6.45) is 1.72. The number of para-hydroxylation sites is 1. The molecule has 1 N–H and O–H groups in total. The van der Waals surface area contributed by atoms with Crippen LogP contribution in [0.3, 0.4) is 0 Å². The van der Waals surface area contributed by atoms with E-state index in [1.54, 1.807) is 0 Å². The number of rotatable bonds is 4. The van der Waals surface area contributed by atoms with Crippen LogP contribution in [0, 0.1) is 11.3 Å². The van der Waals surface area contributed by atoms with Crippen molar-refractivity contribution in [2.75, 3.05) is 11.4 Å². The molecule has 1 aliphatic heterocycles. The van der Waals surface area contributed by atoms with Crippen molar-refractivity contribution in [2.45, 2.75) is 25.3 Å². The summed E-state index contributed by atoms with van der Waals surface area (Å²) in [6, 6.07) is 9.37. The zero-order valence-electron chi connectivity index (χ0n) is 9.47. The Morgan fingerprint density at radius 1 is 1.53 bits per heavy atom. The molecule has 88 valence electrons. The number of carboxylic acids is 1. The molecule has 0 bridgehead atoms. The van der Waals surface area contributed by atoms with Gasteiger partial charge in [0.15, 0.2) is 0 Å². The minimum Gasteiger partial charge on any atom is -0.480 e. The van der Waals surface area contributed by atoms with Crippen molar-refractivity contribution < 1.29 is 9.90 Å². The van der Waals surface area contributed by atoms with Crippen molar-refractivity contribution in [1.82, 2.24) is 0 Å². The van der Waals surface area contributed by atoms with Crippen molar-refractivity contribution in [1.29, 1.82) is 5.26 Å². The van der Waals surface area contributed by atoms with Crippen LogP contribution in [-0.2, 0) is 11.2 Å². The van der Waals surface area contributed by atoms with Crippen LogP contribution >= 0.6 is 0 Å². The van der Waals surface area contributed by atoms with Gasteiger partial charge in [-0.1, -0.05) is 18.2 Å². The first-order chi connectivity index (χ1) is 8.24. The largest absolute Gasteiger partial charge is 0.480 e. The summed E-state index contributed by atoms with van der Waals surface area (Å²) in [7, 11) is 0. The molecule has 0 amide bonds. The number of fused-ring (bicyclic) bond motifs is 1. The quantitative estimate of drug-likeness (QED) is 0.801. The maximum atomic E-state index is 11.2. The fraction of sp³-hybridized carbons (Fsp3) is 0.385. The molecule has 4 nitrogen and oxygen atoms in total. The predicted octanol–water partition coefficient (Wildman–Crippen LogP) is 1.81. The number of hydrogen-bond donors (Lipinski definition) is 1. The Bertz CT molecular complexity index is 465. The third kappa shape index (κ3) is 2.23. The lowest BCUT2D eigenvalue weighted by molar-refractivity contribution is -0.138.